The van der Waals surface area contributed by atoms with Crippen LogP contribution in [0.2, 0.25) is 10.0 Å². The van der Waals surface area contributed by atoms with Gasteiger partial charge in [-0.1, -0.05) is 29.3 Å². The van der Waals surface area contributed by atoms with Gasteiger partial charge in [-0.25, -0.2) is 23.5 Å². The molecule has 0 unspecified atom stereocenters. The highest BCUT2D eigenvalue weighted by molar-refractivity contribution is 6.32. The number of pyridine rings is 1. The summed E-state index contributed by atoms with van der Waals surface area (Å²) in [5.74, 6) is -1.79. The molecule has 2 aromatic carbocycles. The Bertz CT molecular complexity index is 1640. The van der Waals surface area contributed by atoms with Crippen molar-refractivity contribution in [2.24, 2.45) is 0 Å². The number of carboxylic acid groups (broad SMARTS) is 1. The fourth-order valence-electron chi connectivity index (χ4n) is 5.39. The fraction of sp³-hybridized carbons (Fsp3) is 0.345. The average Bonchev–Trinajstić information content (AvgIpc) is 3.57. The molecule has 1 atom stereocenters. The molecule has 0 radical (unpaired) electrons. The highest BCUT2D eigenvalue weighted by Crippen LogP contribution is 2.31. The van der Waals surface area contributed by atoms with Gasteiger partial charge in [-0.3, -0.25) is 4.90 Å². The summed E-state index contributed by atoms with van der Waals surface area (Å²) in [7, 11) is 0. The van der Waals surface area contributed by atoms with Crippen molar-refractivity contribution in [2.75, 3.05) is 13.2 Å². The number of aromatic nitrogens is 3. The van der Waals surface area contributed by atoms with E-state index in [0.717, 1.165) is 24.1 Å². The number of ether oxygens (including phenoxy) is 2. The van der Waals surface area contributed by atoms with E-state index < -0.39 is 23.2 Å². The maximum Gasteiger partial charge on any atom is 0.338 e. The van der Waals surface area contributed by atoms with E-state index in [2.05, 4.69) is 9.88 Å². The van der Waals surface area contributed by atoms with Crippen LogP contribution in [-0.4, -0.2) is 49.8 Å². The Morgan fingerprint density at radius 2 is 2.02 bits per heavy atom. The number of fused-ring (bicyclic) bond motifs is 2. The van der Waals surface area contributed by atoms with Gasteiger partial charge >= 0.3 is 5.97 Å². The molecule has 2 aromatic heterocycles. The molecule has 41 heavy (non-hydrogen) atoms. The Hall–Kier alpha value is -3.31. The van der Waals surface area contributed by atoms with Crippen molar-refractivity contribution in [1.82, 2.24) is 19.4 Å². The Morgan fingerprint density at radius 1 is 1.17 bits per heavy atom. The monoisotopic (exact) mass is 602 g/mol. The number of carboxylic acids is 1. The van der Waals surface area contributed by atoms with Crippen LogP contribution in [0.5, 0.6) is 5.88 Å². The third-order valence-electron chi connectivity index (χ3n) is 7.49. The van der Waals surface area contributed by atoms with Gasteiger partial charge in [0.05, 0.1) is 36.0 Å². The third-order valence-corrected chi connectivity index (χ3v) is 8.00. The van der Waals surface area contributed by atoms with Crippen LogP contribution in [0, 0.1) is 11.6 Å². The highest BCUT2D eigenvalue weighted by atomic mass is 35.5. The van der Waals surface area contributed by atoms with Crippen molar-refractivity contribution in [1.29, 1.82) is 0 Å². The predicted octanol–water partition coefficient (Wildman–Crippen LogP) is 6.03. The lowest BCUT2D eigenvalue weighted by Crippen LogP contribution is -2.32. The lowest BCUT2D eigenvalue weighted by Gasteiger charge is -2.28. The molecule has 8 nitrogen and oxygen atoms in total. The predicted molar refractivity (Wildman–Crippen MR) is 148 cm³/mol. The Labute approximate surface area is 244 Å². The van der Waals surface area contributed by atoms with E-state index in [1.165, 1.54) is 12.1 Å². The summed E-state index contributed by atoms with van der Waals surface area (Å²) in [6.45, 7) is 2.50. The average molecular weight is 603 g/mol. The first-order valence-corrected chi connectivity index (χ1v) is 14.0. The molecule has 2 aliphatic rings. The second-order valence-electron chi connectivity index (χ2n) is 10.2. The number of hydrogen-bond acceptors (Lipinski definition) is 6. The second-order valence-corrected chi connectivity index (χ2v) is 11.1. The molecule has 1 fully saturated rings. The summed E-state index contributed by atoms with van der Waals surface area (Å²) in [5, 5.41) is 10.1. The minimum absolute atomic E-state index is 0.0601. The number of nitrogens with zero attached hydrogens (tertiary/aromatic N) is 4. The fourth-order valence-corrected chi connectivity index (χ4v) is 5.78. The molecule has 214 valence electrons. The molecule has 12 heteroatoms. The first kappa shape index (κ1) is 27.8. The zero-order valence-electron chi connectivity index (χ0n) is 21.9. The molecule has 2 aliphatic heterocycles. The Balaban J connectivity index is 1.25. The molecule has 6 rings (SSSR count). The van der Waals surface area contributed by atoms with E-state index in [4.69, 9.17) is 37.7 Å². The van der Waals surface area contributed by atoms with Crippen molar-refractivity contribution < 1.29 is 28.2 Å². The summed E-state index contributed by atoms with van der Waals surface area (Å²) >= 11 is 12.3. The zero-order chi connectivity index (χ0) is 28.7. The van der Waals surface area contributed by atoms with Crippen LogP contribution in [0.3, 0.4) is 0 Å². The first-order chi connectivity index (χ1) is 19.8. The number of halogens is 4. The maximum atomic E-state index is 15.4. The lowest BCUT2D eigenvalue weighted by atomic mass is 10.1. The minimum atomic E-state index is -1.33. The number of rotatable bonds is 8. The van der Waals surface area contributed by atoms with Crippen molar-refractivity contribution in [3.05, 3.63) is 86.3 Å². The smallest absolute Gasteiger partial charge is 0.338 e. The van der Waals surface area contributed by atoms with Gasteiger partial charge in [0.1, 0.15) is 28.8 Å². The van der Waals surface area contributed by atoms with Gasteiger partial charge in [0.25, 0.3) is 0 Å². The SMILES string of the molecule is O=C(O)c1ccc2nc(CN3CCc4cc(Cl)c(OCc5ccc(Cl)cc5F)nc4C3)n(C[C@@H]3CCCO3)c2c1F. The number of carbonyl (C=O) groups is 1. The molecule has 0 aliphatic carbocycles. The maximum absolute atomic E-state index is 15.4. The largest absolute Gasteiger partial charge is 0.478 e. The molecular weight excluding hydrogens is 577 g/mol. The van der Waals surface area contributed by atoms with E-state index >= 15 is 4.39 Å². The highest BCUT2D eigenvalue weighted by Gasteiger charge is 2.27. The molecule has 1 N–H and O–H groups in total. The van der Waals surface area contributed by atoms with Crippen molar-refractivity contribution >= 4 is 40.2 Å². The van der Waals surface area contributed by atoms with Gasteiger partial charge in [-0.05, 0) is 55.2 Å². The van der Waals surface area contributed by atoms with Gasteiger partial charge in [0.15, 0.2) is 5.82 Å². The van der Waals surface area contributed by atoms with E-state index in [-0.39, 0.29) is 24.1 Å². The van der Waals surface area contributed by atoms with Gasteiger partial charge in [-0.2, -0.15) is 0 Å². The number of imidazole rings is 1. The number of hydrogen-bond donors (Lipinski definition) is 1. The summed E-state index contributed by atoms with van der Waals surface area (Å²) in [6, 6.07) is 8.97. The second kappa shape index (κ2) is 11.5. The molecule has 0 amide bonds. The van der Waals surface area contributed by atoms with Gasteiger partial charge in [-0.15, -0.1) is 0 Å². The third kappa shape index (κ3) is 5.74. The summed E-state index contributed by atoms with van der Waals surface area (Å²) in [4.78, 5) is 23.1. The lowest BCUT2D eigenvalue weighted by molar-refractivity contribution is 0.0692. The molecular formula is C29H26Cl2F2N4O4. The summed E-state index contributed by atoms with van der Waals surface area (Å²) in [5.41, 5.74) is 2.26. The van der Waals surface area contributed by atoms with Crippen LogP contribution in [0.25, 0.3) is 11.0 Å². The Kier molecular flexibility index (Phi) is 7.82. The summed E-state index contributed by atoms with van der Waals surface area (Å²) in [6.07, 6.45) is 2.33. The Morgan fingerprint density at radius 3 is 2.78 bits per heavy atom. The van der Waals surface area contributed by atoms with Crippen LogP contribution in [0.1, 0.15) is 45.8 Å². The van der Waals surface area contributed by atoms with E-state index in [1.807, 2.05) is 6.07 Å². The molecule has 0 saturated carbocycles. The number of benzene rings is 2. The van der Waals surface area contributed by atoms with Gasteiger partial charge in [0, 0.05) is 30.3 Å². The molecule has 0 bridgehead atoms. The van der Waals surface area contributed by atoms with Crippen LogP contribution >= 0.6 is 23.2 Å². The number of aromatic carboxylic acids is 1. The van der Waals surface area contributed by atoms with Crippen LogP contribution in [0.4, 0.5) is 8.78 Å². The van der Waals surface area contributed by atoms with Crippen molar-refractivity contribution in [2.45, 2.75) is 51.6 Å². The van der Waals surface area contributed by atoms with E-state index in [1.54, 1.807) is 22.8 Å². The van der Waals surface area contributed by atoms with E-state index in [0.29, 0.717) is 66.2 Å². The van der Waals surface area contributed by atoms with Crippen LogP contribution < -0.4 is 4.74 Å². The van der Waals surface area contributed by atoms with Crippen molar-refractivity contribution in [3.63, 3.8) is 0 Å². The minimum Gasteiger partial charge on any atom is -0.478 e. The van der Waals surface area contributed by atoms with Crippen molar-refractivity contribution in [3.8, 4) is 5.88 Å². The first-order valence-electron chi connectivity index (χ1n) is 13.3. The van der Waals surface area contributed by atoms with Crippen LogP contribution in [0.15, 0.2) is 36.4 Å². The normalized spacial score (nSPS) is 17.2. The molecule has 0 spiro atoms. The zero-order valence-corrected chi connectivity index (χ0v) is 23.4. The van der Waals surface area contributed by atoms with Gasteiger partial charge in [0.2, 0.25) is 5.88 Å². The van der Waals surface area contributed by atoms with E-state index in [9.17, 15) is 14.3 Å². The molecule has 1 saturated heterocycles. The van der Waals surface area contributed by atoms with Gasteiger partial charge < -0.3 is 19.1 Å². The topological polar surface area (TPSA) is 89.7 Å². The van der Waals surface area contributed by atoms with Crippen LogP contribution in [-0.2, 0) is 37.4 Å². The molecule has 4 heterocycles. The molecule has 4 aromatic rings. The summed E-state index contributed by atoms with van der Waals surface area (Å²) < 4.78 is 43.0. The quantitative estimate of drug-likeness (QED) is 0.263. The standard InChI is InChI=1S/C29H26Cl2F2N4O4/c30-18-4-3-17(22(32)11-18)15-41-28-21(31)10-16-7-8-36(13-24(16)35-28)14-25-34-23-6-5-20(29(38)39)26(33)27(23)37(25)12-19-2-1-9-40-19/h3-6,10-11,19H,1-2,7-9,12-15H2,(H,38,39)/t19-/m0/s1.